The number of hydrogen-bond donors (Lipinski definition) is 1. The Bertz CT molecular complexity index is 309. The zero-order valence-corrected chi connectivity index (χ0v) is 7.93. The molecule has 0 saturated heterocycles. The maximum Gasteiger partial charge on any atom is 0.351 e. The Balaban J connectivity index is 2.37. The lowest BCUT2D eigenvalue weighted by Gasteiger charge is -1.98. The Morgan fingerprint density at radius 2 is 2.21 bits per heavy atom. The van der Waals surface area contributed by atoms with E-state index in [-0.39, 0.29) is 0 Å². The van der Waals surface area contributed by atoms with Crippen LogP contribution in [-0.2, 0) is 9.53 Å². The monoisotopic (exact) mass is 192 g/mol. The van der Waals surface area contributed by atoms with Gasteiger partial charge in [0, 0.05) is 0 Å². The third-order valence-corrected chi connectivity index (χ3v) is 1.42. The molecule has 0 atom stereocenters. The maximum atomic E-state index is 10.8. The third-order valence-electron chi connectivity index (χ3n) is 1.42. The molecule has 0 fully saturated rings. The summed E-state index contributed by atoms with van der Waals surface area (Å²) in [5.41, 5.74) is 3.53. The fourth-order valence-electron chi connectivity index (χ4n) is 0.852. The van der Waals surface area contributed by atoms with E-state index in [9.17, 15) is 4.79 Å². The largest absolute Gasteiger partial charge is 0.462 e. The second kappa shape index (κ2) is 5.75. The van der Waals surface area contributed by atoms with Gasteiger partial charge in [-0.3, -0.25) is 5.43 Å². The van der Waals surface area contributed by atoms with E-state index in [1.54, 1.807) is 6.92 Å². The van der Waals surface area contributed by atoms with Crippen LogP contribution < -0.4 is 5.43 Å². The average molecular weight is 192 g/mol. The first-order valence-corrected chi connectivity index (χ1v) is 4.34. The Labute approximate surface area is 82.6 Å². The van der Waals surface area contributed by atoms with Crippen molar-refractivity contribution in [2.75, 3.05) is 12.0 Å². The molecule has 0 aliphatic carbocycles. The molecule has 0 aromatic heterocycles. The molecular formula is C10H12N2O2. The van der Waals surface area contributed by atoms with Gasteiger partial charge in [-0.2, -0.15) is 5.10 Å². The molecule has 0 spiro atoms. The first-order chi connectivity index (χ1) is 6.83. The van der Waals surface area contributed by atoms with Crippen LogP contribution in [0.1, 0.15) is 6.92 Å². The Morgan fingerprint density at radius 1 is 1.50 bits per heavy atom. The number of anilines is 1. The van der Waals surface area contributed by atoms with Gasteiger partial charge in [0.05, 0.1) is 12.3 Å². The van der Waals surface area contributed by atoms with Gasteiger partial charge in [0.25, 0.3) is 0 Å². The summed E-state index contributed by atoms with van der Waals surface area (Å²) in [5, 5.41) is 3.71. The number of nitrogens with one attached hydrogen (secondary N) is 1. The topological polar surface area (TPSA) is 50.7 Å². The lowest BCUT2D eigenvalue weighted by molar-refractivity contribution is -0.134. The highest BCUT2D eigenvalue weighted by molar-refractivity contribution is 6.23. The molecule has 14 heavy (non-hydrogen) atoms. The summed E-state index contributed by atoms with van der Waals surface area (Å²) in [6, 6.07) is 9.36. The van der Waals surface area contributed by atoms with E-state index in [0.29, 0.717) is 6.61 Å². The van der Waals surface area contributed by atoms with Gasteiger partial charge in [-0.25, -0.2) is 4.79 Å². The summed E-state index contributed by atoms with van der Waals surface area (Å²) in [5.74, 6) is -0.448. The minimum absolute atomic E-state index is 0.357. The zero-order valence-electron chi connectivity index (χ0n) is 7.93. The van der Waals surface area contributed by atoms with Crippen molar-refractivity contribution in [1.29, 1.82) is 0 Å². The highest BCUT2D eigenvalue weighted by atomic mass is 16.5. The number of para-hydroxylation sites is 1. The molecule has 0 bridgehead atoms. The Kier molecular flexibility index (Phi) is 4.20. The van der Waals surface area contributed by atoms with Crippen LogP contribution >= 0.6 is 0 Å². The van der Waals surface area contributed by atoms with E-state index in [2.05, 4.69) is 15.3 Å². The summed E-state index contributed by atoms with van der Waals surface area (Å²) in [7, 11) is 0. The van der Waals surface area contributed by atoms with Gasteiger partial charge in [0.1, 0.15) is 6.21 Å². The molecule has 0 saturated carbocycles. The molecule has 0 radical (unpaired) electrons. The third kappa shape index (κ3) is 3.71. The molecule has 0 heterocycles. The van der Waals surface area contributed by atoms with Gasteiger partial charge in [-0.15, -0.1) is 0 Å². The van der Waals surface area contributed by atoms with Crippen LogP contribution in [0.15, 0.2) is 35.4 Å². The van der Waals surface area contributed by atoms with Crippen molar-refractivity contribution in [3.63, 3.8) is 0 Å². The minimum Gasteiger partial charge on any atom is -0.462 e. The van der Waals surface area contributed by atoms with Crippen molar-refractivity contribution >= 4 is 17.9 Å². The van der Waals surface area contributed by atoms with Crippen LogP contribution in [0.4, 0.5) is 5.69 Å². The smallest absolute Gasteiger partial charge is 0.351 e. The quantitative estimate of drug-likeness (QED) is 0.448. The number of rotatable bonds is 4. The van der Waals surface area contributed by atoms with Crippen LogP contribution in [-0.4, -0.2) is 18.8 Å². The van der Waals surface area contributed by atoms with Crippen molar-refractivity contribution < 1.29 is 9.53 Å². The van der Waals surface area contributed by atoms with Gasteiger partial charge in [0.2, 0.25) is 0 Å². The number of ether oxygens (including phenoxy) is 1. The predicted octanol–water partition coefficient (Wildman–Crippen LogP) is 1.65. The Hall–Kier alpha value is -1.84. The van der Waals surface area contributed by atoms with Crippen molar-refractivity contribution in [3.8, 4) is 0 Å². The summed E-state index contributed by atoms with van der Waals surface area (Å²) in [6.07, 6.45) is 1.11. The number of carbonyl (C=O) groups is 1. The van der Waals surface area contributed by atoms with Crippen LogP contribution in [0, 0.1) is 0 Å². The molecule has 0 amide bonds. The zero-order chi connectivity index (χ0) is 10.2. The number of esters is 1. The molecule has 4 heteroatoms. The molecule has 74 valence electrons. The van der Waals surface area contributed by atoms with Gasteiger partial charge >= 0.3 is 5.97 Å². The second-order valence-electron chi connectivity index (χ2n) is 2.49. The van der Waals surface area contributed by atoms with Crippen molar-refractivity contribution in [3.05, 3.63) is 30.3 Å². The molecular weight excluding hydrogens is 180 g/mol. The van der Waals surface area contributed by atoms with E-state index in [1.165, 1.54) is 0 Å². The van der Waals surface area contributed by atoms with E-state index in [0.717, 1.165) is 11.9 Å². The summed E-state index contributed by atoms with van der Waals surface area (Å²) >= 11 is 0. The molecule has 0 unspecified atom stereocenters. The molecule has 0 aliphatic heterocycles. The summed E-state index contributed by atoms with van der Waals surface area (Å²) in [6.45, 7) is 2.10. The maximum absolute atomic E-state index is 10.8. The number of carbonyl (C=O) groups excluding carboxylic acids is 1. The normalized spacial score (nSPS) is 10.1. The molecule has 1 aromatic rings. The van der Waals surface area contributed by atoms with Crippen LogP contribution in [0.2, 0.25) is 0 Å². The molecule has 1 aromatic carbocycles. The fourth-order valence-corrected chi connectivity index (χ4v) is 0.852. The predicted molar refractivity (Wildman–Crippen MR) is 55.2 cm³/mol. The van der Waals surface area contributed by atoms with Crippen molar-refractivity contribution in [2.45, 2.75) is 6.92 Å². The fraction of sp³-hybridized carbons (Fsp3) is 0.200. The van der Waals surface area contributed by atoms with Gasteiger partial charge in [-0.05, 0) is 19.1 Å². The van der Waals surface area contributed by atoms with Gasteiger partial charge in [0.15, 0.2) is 0 Å². The van der Waals surface area contributed by atoms with E-state index < -0.39 is 5.97 Å². The van der Waals surface area contributed by atoms with E-state index in [1.807, 2.05) is 30.3 Å². The van der Waals surface area contributed by atoms with E-state index in [4.69, 9.17) is 0 Å². The first kappa shape index (κ1) is 10.2. The van der Waals surface area contributed by atoms with Crippen molar-refractivity contribution in [2.24, 2.45) is 5.10 Å². The van der Waals surface area contributed by atoms with Gasteiger partial charge < -0.3 is 4.74 Å². The van der Waals surface area contributed by atoms with Crippen LogP contribution in [0.25, 0.3) is 0 Å². The van der Waals surface area contributed by atoms with Crippen molar-refractivity contribution in [1.82, 2.24) is 0 Å². The average Bonchev–Trinajstić information content (AvgIpc) is 2.20. The molecule has 1 N–H and O–H groups in total. The van der Waals surface area contributed by atoms with Crippen LogP contribution in [0.5, 0.6) is 0 Å². The first-order valence-electron chi connectivity index (χ1n) is 4.34. The molecule has 1 rings (SSSR count). The second-order valence-corrected chi connectivity index (χ2v) is 2.49. The molecule has 4 nitrogen and oxygen atoms in total. The lowest BCUT2D eigenvalue weighted by Crippen LogP contribution is -2.06. The number of benzene rings is 1. The molecule has 0 aliphatic rings. The minimum atomic E-state index is -0.448. The SMILES string of the molecule is CCOC(=O)/C=N/Nc1ccccc1. The van der Waals surface area contributed by atoms with Crippen LogP contribution in [0.3, 0.4) is 0 Å². The Morgan fingerprint density at radius 3 is 2.86 bits per heavy atom. The highest BCUT2D eigenvalue weighted by Gasteiger charge is 1.93. The summed E-state index contributed by atoms with van der Waals surface area (Å²) in [4.78, 5) is 10.8. The number of hydrogen-bond acceptors (Lipinski definition) is 4. The van der Waals surface area contributed by atoms with E-state index >= 15 is 0 Å². The lowest BCUT2D eigenvalue weighted by atomic mass is 10.3. The number of nitrogens with zero attached hydrogens (tertiary/aromatic N) is 1. The highest BCUT2D eigenvalue weighted by Crippen LogP contribution is 2.03. The number of hydrazone groups is 1. The summed E-state index contributed by atoms with van der Waals surface area (Å²) < 4.78 is 4.65. The van der Waals surface area contributed by atoms with Gasteiger partial charge in [-0.1, -0.05) is 18.2 Å². The standard InChI is InChI=1S/C10H12N2O2/c1-2-14-10(13)8-11-12-9-6-4-3-5-7-9/h3-8,12H,2H2,1H3/b11-8+.